The summed E-state index contributed by atoms with van der Waals surface area (Å²) in [7, 11) is 3.82. The number of aromatic nitrogens is 1. The molecule has 0 radical (unpaired) electrons. The Balaban J connectivity index is 1.84. The van der Waals surface area contributed by atoms with Crippen molar-refractivity contribution in [2.75, 3.05) is 32.2 Å². The molecular weight excluding hydrogens is 226 g/mol. The van der Waals surface area contributed by atoms with Gasteiger partial charge in [0.25, 0.3) is 0 Å². The Morgan fingerprint density at radius 3 is 3.00 bits per heavy atom. The third-order valence-corrected chi connectivity index (χ3v) is 3.17. The molecule has 0 unspecified atom stereocenters. The molecule has 1 aromatic heterocycles. The van der Waals surface area contributed by atoms with E-state index in [1.54, 1.807) is 7.11 Å². The van der Waals surface area contributed by atoms with Crippen molar-refractivity contribution in [3.05, 3.63) is 23.9 Å². The molecule has 1 aliphatic carbocycles. The van der Waals surface area contributed by atoms with Crippen LogP contribution < -0.4 is 10.2 Å². The standard InChI is InChI=1S/C14H23N3O/c1-17(9-4-10-18-2)14-6-3-5-13(16-14)11-15-12-7-8-12/h3,5-6,12,15H,4,7-11H2,1-2H3. The van der Waals surface area contributed by atoms with E-state index in [4.69, 9.17) is 4.74 Å². The predicted molar refractivity (Wildman–Crippen MR) is 73.9 cm³/mol. The molecule has 4 nitrogen and oxygen atoms in total. The molecule has 1 heterocycles. The van der Waals surface area contributed by atoms with Crippen LogP contribution in [0, 0.1) is 0 Å². The Labute approximate surface area is 109 Å². The van der Waals surface area contributed by atoms with Crippen molar-refractivity contribution < 1.29 is 4.74 Å². The number of nitrogens with zero attached hydrogens (tertiary/aromatic N) is 2. The van der Waals surface area contributed by atoms with Crippen LogP contribution in [-0.4, -0.2) is 38.3 Å². The summed E-state index contributed by atoms with van der Waals surface area (Å²) >= 11 is 0. The molecule has 0 bridgehead atoms. The number of methoxy groups -OCH3 is 1. The average Bonchev–Trinajstić information content (AvgIpc) is 3.21. The van der Waals surface area contributed by atoms with E-state index in [0.717, 1.165) is 43.7 Å². The zero-order valence-electron chi connectivity index (χ0n) is 11.4. The number of anilines is 1. The van der Waals surface area contributed by atoms with E-state index < -0.39 is 0 Å². The normalized spacial score (nSPS) is 14.8. The Morgan fingerprint density at radius 2 is 2.28 bits per heavy atom. The Kier molecular flexibility index (Phi) is 4.96. The van der Waals surface area contributed by atoms with E-state index in [9.17, 15) is 0 Å². The molecule has 4 heteroatoms. The molecule has 100 valence electrons. The van der Waals surface area contributed by atoms with Crippen molar-refractivity contribution in [1.29, 1.82) is 0 Å². The summed E-state index contributed by atoms with van der Waals surface area (Å²) in [5, 5.41) is 3.49. The van der Waals surface area contributed by atoms with Gasteiger partial charge in [-0.2, -0.15) is 0 Å². The summed E-state index contributed by atoms with van der Waals surface area (Å²) in [6, 6.07) is 6.96. The highest BCUT2D eigenvalue weighted by molar-refractivity contribution is 5.38. The highest BCUT2D eigenvalue weighted by atomic mass is 16.5. The van der Waals surface area contributed by atoms with Gasteiger partial charge in [0, 0.05) is 39.9 Å². The van der Waals surface area contributed by atoms with Crippen LogP contribution in [0.5, 0.6) is 0 Å². The third kappa shape index (κ3) is 4.27. The van der Waals surface area contributed by atoms with Crippen LogP contribution in [0.2, 0.25) is 0 Å². The van der Waals surface area contributed by atoms with Crippen LogP contribution in [0.25, 0.3) is 0 Å². The molecule has 18 heavy (non-hydrogen) atoms. The van der Waals surface area contributed by atoms with Gasteiger partial charge < -0.3 is 15.0 Å². The molecule has 1 saturated carbocycles. The van der Waals surface area contributed by atoms with Crippen LogP contribution in [0.15, 0.2) is 18.2 Å². The molecule has 0 spiro atoms. The minimum Gasteiger partial charge on any atom is -0.385 e. The highest BCUT2D eigenvalue weighted by Gasteiger charge is 2.20. The zero-order valence-corrected chi connectivity index (χ0v) is 11.4. The number of hydrogen-bond acceptors (Lipinski definition) is 4. The highest BCUT2D eigenvalue weighted by Crippen LogP contribution is 2.19. The maximum absolute atomic E-state index is 5.07. The van der Waals surface area contributed by atoms with Gasteiger partial charge in [-0.1, -0.05) is 6.07 Å². The van der Waals surface area contributed by atoms with Crippen LogP contribution in [-0.2, 0) is 11.3 Å². The zero-order chi connectivity index (χ0) is 12.8. The monoisotopic (exact) mass is 249 g/mol. The molecule has 2 rings (SSSR count). The summed E-state index contributed by atoms with van der Waals surface area (Å²) in [5.74, 6) is 1.04. The van der Waals surface area contributed by atoms with Gasteiger partial charge in [0.15, 0.2) is 0 Å². The minimum absolute atomic E-state index is 0.731. The number of rotatable bonds is 8. The summed E-state index contributed by atoms with van der Waals surface area (Å²) in [6.07, 6.45) is 3.66. The van der Waals surface area contributed by atoms with Crippen molar-refractivity contribution in [2.24, 2.45) is 0 Å². The van der Waals surface area contributed by atoms with E-state index in [2.05, 4.69) is 40.4 Å². The number of pyridine rings is 1. The molecule has 0 atom stereocenters. The Morgan fingerprint density at radius 1 is 1.44 bits per heavy atom. The van der Waals surface area contributed by atoms with Crippen molar-refractivity contribution in [3.63, 3.8) is 0 Å². The molecular formula is C14H23N3O. The van der Waals surface area contributed by atoms with Gasteiger partial charge in [0.2, 0.25) is 0 Å². The van der Waals surface area contributed by atoms with Crippen LogP contribution >= 0.6 is 0 Å². The van der Waals surface area contributed by atoms with Gasteiger partial charge in [0.1, 0.15) is 5.82 Å². The molecule has 1 fully saturated rings. The second kappa shape index (κ2) is 6.71. The topological polar surface area (TPSA) is 37.4 Å². The third-order valence-electron chi connectivity index (χ3n) is 3.17. The first-order valence-electron chi connectivity index (χ1n) is 6.69. The van der Waals surface area contributed by atoms with Gasteiger partial charge >= 0.3 is 0 Å². The van der Waals surface area contributed by atoms with Crippen molar-refractivity contribution in [2.45, 2.75) is 31.8 Å². The lowest BCUT2D eigenvalue weighted by atomic mass is 10.3. The summed E-state index contributed by atoms with van der Waals surface area (Å²) in [5.41, 5.74) is 1.12. The predicted octanol–water partition coefficient (Wildman–Crippen LogP) is 1.81. The number of nitrogens with one attached hydrogen (secondary N) is 1. The second-order valence-electron chi connectivity index (χ2n) is 4.91. The first kappa shape index (κ1) is 13.3. The minimum atomic E-state index is 0.731. The fourth-order valence-corrected chi connectivity index (χ4v) is 1.87. The first-order valence-corrected chi connectivity index (χ1v) is 6.69. The summed E-state index contributed by atoms with van der Waals surface area (Å²) in [6.45, 7) is 2.65. The SMILES string of the molecule is COCCCN(C)c1cccc(CNC2CC2)n1. The van der Waals surface area contributed by atoms with Gasteiger partial charge in [0.05, 0.1) is 5.69 Å². The van der Waals surface area contributed by atoms with E-state index in [1.807, 2.05) is 0 Å². The summed E-state index contributed by atoms with van der Waals surface area (Å²) in [4.78, 5) is 6.85. The van der Waals surface area contributed by atoms with Crippen molar-refractivity contribution >= 4 is 5.82 Å². The smallest absolute Gasteiger partial charge is 0.128 e. The van der Waals surface area contributed by atoms with Crippen LogP contribution in [0.3, 0.4) is 0 Å². The Bertz CT molecular complexity index is 366. The second-order valence-corrected chi connectivity index (χ2v) is 4.91. The quantitative estimate of drug-likeness (QED) is 0.713. The Hall–Kier alpha value is -1.13. The van der Waals surface area contributed by atoms with E-state index >= 15 is 0 Å². The summed E-state index contributed by atoms with van der Waals surface area (Å²) < 4.78 is 5.07. The van der Waals surface area contributed by atoms with E-state index in [0.29, 0.717) is 0 Å². The number of ether oxygens (including phenoxy) is 1. The molecule has 0 saturated heterocycles. The van der Waals surface area contributed by atoms with Crippen molar-refractivity contribution in [1.82, 2.24) is 10.3 Å². The molecule has 0 aliphatic heterocycles. The lowest BCUT2D eigenvalue weighted by Gasteiger charge is -2.18. The maximum atomic E-state index is 5.07. The molecule has 0 aromatic carbocycles. The van der Waals surface area contributed by atoms with E-state index in [-0.39, 0.29) is 0 Å². The van der Waals surface area contributed by atoms with Gasteiger partial charge in [-0.25, -0.2) is 4.98 Å². The average molecular weight is 249 g/mol. The lowest BCUT2D eigenvalue weighted by molar-refractivity contribution is 0.196. The molecule has 1 N–H and O–H groups in total. The fraction of sp³-hybridized carbons (Fsp3) is 0.643. The first-order chi connectivity index (χ1) is 8.79. The lowest BCUT2D eigenvalue weighted by Crippen LogP contribution is -2.22. The van der Waals surface area contributed by atoms with Crippen LogP contribution in [0.4, 0.5) is 5.82 Å². The molecule has 0 amide bonds. The van der Waals surface area contributed by atoms with Crippen LogP contribution in [0.1, 0.15) is 25.0 Å². The fourth-order valence-electron chi connectivity index (χ4n) is 1.87. The molecule has 1 aromatic rings. The largest absolute Gasteiger partial charge is 0.385 e. The van der Waals surface area contributed by atoms with Crippen molar-refractivity contribution in [3.8, 4) is 0 Å². The van der Waals surface area contributed by atoms with Gasteiger partial charge in [-0.3, -0.25) is 0 Å². The van der Waals surface area contributed by atoms with Gasteiger partial charge in [-0.05, 0) is 31.4 Å². The number of hydrogen-bond donors (Lipinski definition) is 1. The van der Waals surface area contributed by atoms with Gasteiger partial charge in [-0.15, -0.1) is 0 Å². The molecule has 1 aliphatic rings. The maximum Gasteiger partial charge on any atom is 0.128 e. The van der Waals surface area contributed by atoms with E-state index in [1.165, 1.54) is 12.8 Å².